The van der Waals surface area contributed by atoms with Gasteiger partial charge in [0, 0.05) is 31.1 Å². The fourth-order valence-electron chi connectivity index (χ4n) is 2.85. The third-order valence-corrected chi connectivity index (χ3v) is 3.88. The molecule has 7 heteroatoms. The van der Waals surface area contributed by atoms with E-state index >= 15 is 0 Å². The molecule has 0 unspecified atom stereocenters. The molecule has 0 aliphatic carbocycles. The lowest BCUT2D eigenvalue weighted by atomic mass is 9.92. The molecule has 4 heterocycles. The zero-order chi connectivity index (χ0) is 15.3. The van der Waals surface area contributed by atoms with Crippen LogP contribution >= 0.6 is 0 Å². The monoisotopic (exact) mass is 296 g/mol. The van der Waals surface area contributed by atoms with E-state index in [4.69, 9.17) is 4.74 Å². The van der Waals surface area contributed by atoms with E-state index in [1.807, 2.05) is 0 Å². The van der Waals surface area contributed by atoms with E-state index in [9.17, 15) is 9.59 Å². The summed E-state index contributed by atoms with van der Waals surface area (Å²) in [6.45, 7) is 0. The summed E-state index contributed by atoms with van der Waals surface area (Å²) in [5.41, 5.74) is 1.41. The van der Waals surface area contributed by atoms with Crippen molar-refractivity contribution in [3.05, 3.63) is 58.3 Å². The fourth-order valence-corrected chi connectivity index (χ4v) is 2.85. The van der Waals surface area contributed by atoms with Gasteiger partial charge in [-0.2, -0.15) is 10.1 Å². The first-order chi connectivity index (χ1) is 10.6. The van der Waals surface area contributed by atoms with E-state index in [0.717, 1.165) is 5.69 Å². The van der Waals surface area contributed by atoms with Crippen molar-refractivity contribution in [2.75, 3.05) is 0 Å². The largest absolute Gasteiger partial charge is 0.407 e. The predicted octanol–water partition coefficient (Wildman–Crippen LogP) is 0.869. The molecule has 0 saturated carbocycles. The average Bonchev–Trinajstić information content (AvgIpc) is 2.92. The van der Waals surface area contributed by atoms with E-state index in [1.165, 1.54) is 4.40 Å². The molecular weight excluding hydrogens is 284 g/mol. The molecule has 7 nitrogen and oxygen atoms in total. The van der Waals surface area contributed by atoms with Gasteiger partial charge in [0.2, 0.25) is 5.88 Å². The number of carbonyl (C=O) groups excluding carboxylic acids is 1. The molecular formula is C15H12N4O3. The van der Waals surface area contributed by atoms with Crippen LogP contribution in [0.25, 0.3) is 5.65 Å². The predicted molar refractivity (Wildman–Crippen MR) is 76.8 cm³/mol. The Balaban J connectivity index is 2.04. The summed E-state index contributed by atoms with van der Waals surface area (Å²) in [5.74, 6) is -0.703. The Morgan fingerprint density at radius 1 is 1.27 bits per heavy atom. The van der Waals surface area contributed by atoms with Gasteiger partial charge in [0.15, 0.2) is 0 Å². The van der Waals surface area contributed by atoms with Crippen molar-refractivity contribution in [3.8, 4) is 5.88 Å². The van der Waals surface area contributed by atoms with Crippen molar-refractivity contribution in [2.24, 2.45) is 7.05 Å². The zero-order valence-electron chi connectivity index (χ0n) is 11.8. The molecule has 0 aromatic carbocycles. The van der Waals surface area contributed by atoms with Crippen molar-refractivity contribution >= 4 is 11.6 Å². The number of carbonyl (C=O) groups is 1. The molecule has 0 radical (unpaired) electrons. The number of ether oxygens (including phenoxy) is 1. The van der Waals surface area contributed by atoms with Crippen LogP contribution in [-0.2, 0) is 11.8 Å². The highest BCUT2D eigenvalue weighted by Gasteiger charge is 2.34. The molecule has 0 N–H and O–H groups in total. The van der Waals surface area contributed by atoms with Gasteiger partial charge in [0.05, 0.1) is 12.0 Å². The van der Waals surface area contributed by atoms with Gasteiger partial charge >= 0.3 is 5.97 Å². The number of nitrogens with zero attached hydrogens (tertiary/aromatic N) is 4. The van der Waals surface area contributed by atoms with Crippen molar-refractivity contribution in [1.82, 2.24) is 19.2 Å². The number of fused-ring (bicyclic) bond motifs is 2. The van der Waals surface area contributed by atoms with Crippen LogP contribution in [0.1, 0.15) is 23.6 Å². The number of esters is 1. The highest BCUT2D eigenvalue weighted by atomic mass is 16.5. The summed E-state index contributed by atoms with van der Waals surface area (Å²) in [4.78, 5) is 29.0. The van der Waals surface area contributed by atoms with E-state index in [2.05, 4.69) is 10.1 Å². The lowest BCUT2D eigenvalue weighted by Gasteiger charge is -2.23. The summed E-state index contributed by atoms with van der Waals surface area (Å²) in [6.07, 6.45) is 3.39. The smallest absolute Gasteiger partial charge is 0.313 e. The minimum atomic E-state index is -0.402. The molecule has 0 amide bonds. The highest BCUT2D eigenvalue weighted by molar-refractivity contribution is 5.77. The Hall–Kier alpha value is -2.96. The van der Waals surface area contributed by atoms with E-state index in [-0.39, 0.29) is 17.9 Å². The summed E-state index contributed by atoms with van der Waals surface area (Å²) >= 11 is 0. The third-order valence-electron chi connectivity index (χ3n) is 3.88. The molecule has 0 fully saturated rings. The number of aromatic nitrogens is 4. The standard InChI is InChI=1S/C15H12N4O3/c1-18-10(5-6-16-18)9-8-12(20)22-14-13(9)15(21)19-7-3-2-4-11(19)17-14/h2-7,9H,8H2,1H3/t9-/m0/s1. The summed E-state index contributed by atoms with van der Waals surface area (Å²) in [7, 11) is 1.78. The molecule has 110 valence electrons. The quantitative estimate of drug-likeness (QED) is 0.623. The fraction of sp³-hybridized carbons (Fsp3) is 0.200. The molecule has 3 aromatic rings. The molecule has 0 spiro atoms. The summed E-state index contributed by atoms with van der Waals surface area (Å²) < 4.78 is 8.31. The first-order valence-corrected chi connectivity index (χ1v) is 6.85. The maximum atomic E-state index is 12.8. The second-order valence-corrected chi connectivity index (χ2v) is 5.18. The lowest BCUT2D eigenvalue weighted by Crippen LogP contribution is -2.31. The third kappa shape index (κ3) is 1.75. The Morgan fingerprint density at radius 3 is 2.91 bits per heavy atom. The molecule has 0 bridgehead atoms. The topological polar surface area (TPSA) is 78.5 Å². The van der Waals surface area contributed by atoms with Gasteiger partial charge in [0.25, 0.3) is 5.56 Å². The SMILES string of the molecule is Cn1nccc1[C@@H]1CC(=O)Oc2nc3ccccn3c(=O)c21. The first kappa shape index (κ1) is 12.8. The van der Waals surface area contributed by atoms with Gasteiger partial charge in [-0.3, -0.25) is 18.7 Å². The van der Waals surface area contributed by atoms with Gasteiger partial charge in [0.1, 0.15) is 5.65 Å². The number of pyridine rings is 1. The number of aryl methyl sites for hydroxylation is 1. The molecule has 4 rings (SSSR count). The average molecular weight is 296 g/mol. The summed E-state index contributed by atoms with van der Waals surface area (Å²) in [5, 5.41) is 4.12. The van der Waals surface area contributed by atoms with Crippen LogP contribution in [0.2, 0.25) is 0 Å². The molecule has 1 atom stereocenters. The van der Waals surface area contributed by atoms with Gasteiger partial charge in [-0.25, -0.2) is 0 Å². The molecule has 1 aliphatic heterocycles. The second kappa shape index (κ2) is 4.52. The van der Waals surface area contributed by atoms with Gasteiger partial charge in [-0.05, 0) is 18.2 Å². The lowest BCUT2D eigenvalue weighted by molar-refractivity contribution is -0.136. The Labute approximate surface area is 124 Å². The normalized spacial score (nSPS) is 17.3. The van der Waals surface area contributed by atoms with Crippen molar-refractivity contribution in [2.45, 2.75) is 12.3 Å². The number of hydrogen-bond donors (Lipinski definition) is 0. The Morgan fingerprint density at radius 2 is 2.14 bits per heavy atom. The van der Waals surface area contributed by atoms with Crippen LogP contribution in [0.15, 0.2) is 41.5 Å². The van der Waals surface area contributed by atoms with E-state index in [0.29, 0.717) is 11.2 Å². The van der Waals surface area contributed by atoms with Gasteiger partial charge in [-0.1, -0.05) is 6.07 Å². The zero-order valence-corrected chi connectivity index (χ0v) is 11.8. The molecule has 22 heavy (non-hydrogen) atoms. The van der Waals surface area contributed by atoms with Crippen LogP contribution in [0.4, 0.5) is 0 Å². The van der Waals surface area contributed by atoms with Gasteiger partial charge < -0.3 is 4.74 Å². The van der Waals surface area contributed by atoms with Gasteiger partial charge in [-0.15, -0.1) is 0 Å². The number of rotatable bonds is 1. The second-order valence-electron chi connectivity index (χ2n) is 5.18. The minimum absolute atomic E-state index is 0.0960. The Bertz CT molecular complexity index is 957. The summed E-state index contributed by atoms with van der Waals surface area (Å²) in [6, 6.07) is 7.03. The molecule has 0 saturated heterocycles. The van der Waals surface area contributed by atoms with Crippen LogP contribution < -0.4 is 10.3 Å². The minimum Gasteiger partial charge on any atom is -0.407 e. The molecule has 1 aliphatic rings. The maximum absolute atomic E-state index is 12.8. The maximum Gasteiger partial charge on any atom is 0.313 e. The van der Waals surface area contributed by atoms with E-state index < -0.39 is 11.9 Å². The van der Waals surface area contributed by atoms with Crippen LogP contribution in [-0.4, -0.2) is 25.1 Å². The van der Waals surface area contributed by atoms with Crippen LogP contribution in [0, 0.1) is 0 Å². The first-order valence-electron chi connectivity index (χ1n) is 6.85. The molecule has 3 aromatic heterocycles. The van der Waals surface area contributed by atoms with Crippen LogP contribution in [0.3, 0.4) is 0 Å². The van der Waals surface area contributed by atoms with E-state index in [1.54, 1.807) is 48.4 Å². The highest BCUT2D eigenvalue weighted by Crippen LogP contribution is 2.35. The van der Waals surface area contributed by atoms with Crippen LogP contribution in [0.5, 0.6) is 5.88 Å². The number of hydrogen-bond acceptors (Lipinski definition) is 5. The Kier molecular flexibility index (Phi) is 2.62. The van der Waals surface area contributed by atoms with Crippen molar-refractivity contribution in [1.29, 1.82) is 0 Å². The van der Waals surface area contributed by atoms with Crippen molar-refractivity contribution in [3.63, 3.8) is 0 Å². The van der Waals surface area contributed by atoms with Crippen molar-refractivity contribution < 1.29 is 9.53 Å².